The summed E-state index contributed by atoms with van der Waals surface area (Å²) >= 11 is 0. The second-order valence-electron chi connectivity index (χ2n) is 5.29. The SMILES string of the molecule is CCc1ccc(CCC(=O)Nc2cccc(S(N)(=O)=O)c2)cc1. The van der Waals surface area contributed by atoms with E-state index in [1.165, 1.54) is 17.7 Å². The maximum Gasteiger partial charge on any atom is 0.238 e. The Hall–Kier alpha value is -2.18. The van der Waals surface area contributed by atoms with Crippen LogP contribution in [0.1, 0.15) is 24.5 Å². The van der Waals surface area contributed by atoms with Crippen LogP contribution in [0.15, 0.2) is 53.4 Å². The minimum atomic E-state index is -3.77. The predicted molar refractivity (Wildman–Crippen MR) is 90.6 cm³/mol. The van der Waals surface area contributed by atoms with Crippen LogP contribution in [-0.2, 0) is 27.7 Å². The molecule has 0 fully saturated rings. The zero-order chi connectivity index (χ0) is 16.9. The summed E-state index contributed by atoms with van der Waals surface area (Å²) in [6.07, 6.45) is 1.94. The molecule has 0 aliphatic rings. The fourth-order valence-corrected chi connectivity index (χ4v) is 2.73. The van der Waals surface area contributed by atoms with Gasteiger partial charge in [0, 0.05) is 12.1 Å². The van der Waals surface area contributed by atoms with E-state index in [9.17, 15) is 13.2 Å². The molecule has 0 radical (unpaired) electrons. The summed E-state index contributed by atoms with van der Waals surface area (Å²) in [7, 11) is -3.77. The third kappa shape index (κ3) is 5.19. The second kappa shape index (κ2) is 7.39. The van der Waals surface area contributed by atoms with Crippen molar-refractivity contribution in [3.8, 4) is 0 Å². The van der Waals surface area contributed by atoms with Crippen LogP contribution in [0.4, 0.5) is 5.69 Å². The number of hydrogen-bond donors (Lipinski definition) is 2. The first-order chi connectivity index (χ1) is 10.9. The fourth-order valence-electron chi connectivity index (χ4n) is 2.17. The van der Waals surface area contributed by atoms with Crippen LogP contribution in [0.2, 0.25) is 0 Å². The van der Waals surface area contributed by atoms with Crippen molar-refractivity contribution in [2.75, 3.05) is 5.32 Å². The van der Waals surface area contributed by atoms with Crippen LogP contribution in [0.3, 0.4) is 0 Å². The van der Waals surface area contributed by atoms with Crippen LogP contribution in [0.5, 0.6) is 0 Å². The average molecular weight is 332 g/mol. The third-order valence-electron chi connectivity index (χ3n) is 3.52. The summed E-state index contributed by atoms with van der Waals surface area (Å²) in [5.41, 5.74) is 2.77. The van der Waals surface area contributed by atoms with Gasteiger partial charge in [-0.15, -0.1) is 0 Å². The number of nitrogens with one attached hydrogen (secondary N) is 1. The summed E-state index contributed by atoms with van der Waals surface area (Å²) in [6.45, 7) is 2.10. The van der Waals surface area contributed by atoms with Crippen molar-refractivity contribution in [2.24, 2.45) is 5.14 Å². The van der Waals surface area contributed by atoms with Gasteiger partial charge in [-0.3, -0.25) is 4.79 Å². The summed E-state index contributed by atoms with van der Waals surface area (Å²) in [4.78, 5) is 12.0. The van der Waals surface area contributed by atoms with Crippen molar-refractivity contribution < 1.29 is 13.2 Å². The standard InChI is InChI=1S/C17H20N2O3S/c1-2-13-6-8-14(9-7-13)10-11-17(20)19-15-4-3-5-16(12-15)23(18,21)22/h3-9,12H,2,10-11H2,1H3,(H,19,20)(H2,18,21,22). The Labute approximate surface area is 136 Å². The third-order valence-corrected chi connectivity index (χ3v) is 4.43. The molecule has 0 spiro atoms. The minimum absolute atomic E-state index is 0.0227. The number of hydrogen-bond acceptors (Lipinski definition) is 3. The lowest BCUT2D eigenvalue weighted by molar-refractivity contribution is -0.116. The number of carbonyl (C=O) groups excluding carboxylic acids is 1. The van der Waals surface area contributed by atoms with E-state index in [-0.39, 0.29) is 10.8 Å². The quantitative estimate of drug-likeness (QED) is 0.851. The molecule has 6 heteroatoms. The Morgan fingerprint density at radius 1 is 1.09 bits per heavy atom. The minimum Gasteiger partial charge on any atom is -0.326 e. The molecule has 2 rings (SSSR count). The molecule has 0 saturated carbocycles. The molecule has 1 amide bonds. The molecule has 0 bridgehead atoms. The highest BCUT2D eigenvalue weighted by molar-refractivity contribution is 7.89. The number of carbonyl (C=O) groups is 1. The lowest BCUT2D eigenvalue weighted by Crippen LogP contribution is -2.15. The number of sulfonamides is 1. The van der Waals surface area contributed by atoms with E-state index in [1.54, 1.807) is 12.1 Å². The highest BCUT2D eigenvalue weighted by Gasteiger charge is 2.09. The van der Waals surface area contributed by atoms with Gasteiger partial charge in [0.05, 0.1) is 4.90 Å². The molecular weight excluding hydrogens is 312 g/mol. The number of rotatable bonds is 6. The van der Waals surface area contributed by atoms with Gasteiger partial charge >= 0.3 is 0 Å². The molecule has 0 unspecified atom stereocenters. The van der Waals surface area contributed by atoms with E-state index >= 15 is 0 Å². The summed E-state index contributed by atoms with van der Waals surface area (Å²) in [6, 6.07) is 14.1. The Balaban J connectivity index is 1.94. The molecule has 3 N–H and O–H groups in total. The highest BCUT2D eigenvalue weighted by atomic mass is 32.2. The first-order valence-electron chi connectivity index (χ1n) is 7.39. The second-order valence-corrected chi connectivity index (χ2v) is 6.85. The van der Waals surface area contributed by atoms with Gasteiger partial charge in [-0.2, -0.15) is 0 Å². The molecule has 5 nitrogen and oxygen atoms in total. The maximum atomic E-state index is 12.0. The van der Waals surface area contributed by atoms with Crippen LogP contribution in [-0.4, -0.2) is 14.3 Å². The molecule has 2 aromatic rings. The topological polar surface area (TPSA) is 89.3 Å². The molecule has 0 saturated heterocycles. The largest absolute Gasteiger partial charge is 0.326 e. The molecule has 0 atom stereocenters. The lowest BCUT2D eigenvalue weighted by atomic mass is 10.1. The van der Waals surface area contributed by atoms with E-state index < -0.39 is 10.0 Å². The Morgan fingerprint density at radius 3 is 2.35 bits per heavy atom. The van der Waals surface area contributed by atoms with Crippen LogP contribution in [0.25, 0.3) is 0 Å². The summed E-state index contributed by atoms with van der Waals surface area (Å²) in [5.74, 6) is -0.170. The first kappa shape index (κ1) is 17.2. The molecular formula is C17H20N2O3S. The van der Waals surface area contributed by atoms with Crippen LogP contribution >= 0.6 is 0 Å². The number of anilines is 1. The molecule has 122 valence electrons. The van der Waals surface area contributed by atoms with Gasteiger partial charge in [0.15, 0.2) is 0 Å². The van der Waals surface area contributed by atoms with Gasteiger partial charge in [0.1, 0.15) is 0 Å². The number of aryl methyl sites for hydroxylation is 2. The van der Waals surface area contributed by atoms with Gasteiger partial charge in [-0.1, -0.05) is 37.3 Å². The van der Waals surface area contributed by atoms with E-state index in [2.05, 4.69) is 24.4 Å². The van der Waals surface area contributed by atoms with Gasteiger partial charge in [-0.05, 0) is 42.2 Å². The van der Waals surface area contributed by atoms with Crippen LogP contribution < -0.4 is 10.5 Å². The Bertz CT molecular complexity index is 784. The summed E-state index contributed by atoms with van der Waals surface area (Å²) in [5, 5.41) is 7.76. The van der Waals surface area contributed by atoms with Crippen molar-refractivity contribution in [3.05, 3.63) is 59.7 Å². The van der Waals surface area contributed by atoms with Crippen molar-refractivity contribution in [3.63, 3.8) is 0 Å². The van der Waals surface area contributed by atoms with Gasteiger partial charge in [0.25, 0.3) is 0 Å². The molecule has 2 aromatic carbocycles. The normalized spacial score (nSPS) is 11.2. The number of amides is 1. The van der Waals surface area contributed by atoms with Gasteiger partial charge in [0.2, 0.25) is 15.9 Å². The monoisotopic (exact) mass is 332 g/mol. The maximum absolute atomic E-state index is 12.0. The van der Waals surface area contributed by atoms with Crippen molar-refractivity contribution in [1.82, 2.24) is 0 Å². The highest BCUT2D eigenvalue weighted by Crippen LogP contribution is 2.15. The van der Waals surface area contributed by atoms with Crippen molar-refractivity contribution in [1.29, 1.82) is 0 Å². The number of primary sulfonamides is 1. The van der Waals surface area contributed by atoms with E-state index in [0.29, 0.717) is 18.5 Å². The van der Waals surface area contributed by atoms with Gasteiger partial charge in [-0.25, -0.2) is 13.6 Å². The zero-order valence-electron chi connectivity index (χ0n) is 13.0. The van der Waals surface area contributed by atoms with Gasteiger partial charge < -0.3 is 5.32 Å². The zero-order valence-corrected chi connectivity index (χ0v) is 13.8. The molecule has 23 heavy (non-hydrogen) atoms. The van der Waals surface area contributed by atoms with E-state index in [1.807, 2.05) is 12.1 Å². The predicted octanol–water partition coefficient (Wildman–Crippen LogP) is 2.47. The van der Waals surface area contributed by atoms with Crippen LogP contribution in [0, 0.1) is 0 Å². The average Bonchev–Trinajstić information content (AvgIpc) is 2.53. The smallest absolute Gasteiger partial charge is 0.238 e. The first-order valence-corrected chi connectivity index (χ1v) is 8.93. The molecule has 0 aromatic heterocycles. The number of nitrogens with two attached hydrogens (primary N) is 1. The Kier molecular flexibility index (Phi) is 5.52. The summed E-state index contributed by atoms with van der Waals surface area (Å²) < 4.78 is 22.6. The Morgan fingerprint density at radius 2 is 1.74 bits per heavy atom. The van der Waals surface area contributed by atoms with E-state index in [0.717, 1.165) is 12.0 Å². The number of benzene rings is 2. The van der Waals surface area contributed by atoms with Crippen molar-refractivity contribution >= 4 is 21.6 Å². The van der Waals surface area contributed by atoms with Crippen molar-refractivity contribution in [2.45, 2.75) is 31.1 Å². The molecule has 0 aliphatic carbocycles. The fraction of sp³-hybridized carbons (Fsp3) is 0.235. The molecule has 0 aliphatic heterocycles. The lowest BCUT2D eigenvalue weighted by Gasteiger charge is -2.07. The molecule has 0 heterocycles. The van der Waals surface area contributed by atoms with E-state index in [4.69, 9.17) is 5.14 Å².